The van der Waals surface area contributed by atoms with Gasteiger partial charge in [-0.15, -0.1) is 0 Å². The number of ether oxygens (including phenoxy) is 1. The monoisotopic (exact) mass is 382 g/mol. The number of nitrogens with one attached hydrogen (secondary N) is 2. The molecule has 0 spiro atoms. The van der Waals surface area contributed by atoms with Crippen LogP contribution in [0.1, 0.15) is 13.3 Å². The third kappa shape index (κ3) is 5.63. The maximum atomic E-state index is 12.2. The molecule has 0 bridgehead atoms. The molecular formula is C22H30N4O2. The Balaban J connectivity index is 1.45. The predicted octanol–water partition coefficient (Wildman–Crippen LogP) is 3.28. The fourth-order valence-corrected chi connectivity index (χ4v) is 3.25. The Kier molecular flexibility index (Phi) is 7.14. The van der Waals surface area contributed by atoms with E-state index in [4.69, 9.17) is 4.74 Å². The number of piperazine rings is 1. The molecule has 2 aromatic carbocycles. The van der Waals surface area contributed by atoms with Crippen molar-refractivity contribution in [2.45, 2.75) is 13.3 Å². The van der Waals surface area contributed by atoms with Crippen LogP contribution in [-0.4, -0.2) is 57.2 Å². The van der Waals surface area contributed by atoms with Gasteiger partial charge in [0.25, 0.3) is 0 Å². The van der Waals surface area contributed by atoms with Gasteiger partial charge in [-0.3, -0.25) is 4.79 Å². The van der Waals surface area contributed by atoms with Crippen LogP contribution in [0.5, 0.6) is 5.75 Å². The second-order valence-corrected chi connectivity index (χ2v) is 6.99. The zero-order chi connectivity index (χ0) is 19.8. The number of carbonyl (C=O) groups is 1. The zero-order valence-electron chi connectivity index (χ0n) is 16.8. The van der Waals surface area contributed by atoms with E-state index in [0.717, 1.165) is 43.3 Å². The number of para-hydroxylation sites is 2. The van der Waals surface area contributed by atoms with Gasteiger partial charge in [-0.25, -0.2) is 0 Å². The molecule has 1 aliphatic rings. The van der Waals surface area contributed by atoms with Crippen molar-refractivity contribution in [2.24, 2.45) is 0 Å². The van der Waals surface area contributed by atoms with Crippen molar-refractivity contribution < 1.29 is 9.53 Å². The number of likely N-dealkylation sites (N-methyl/N-ethyl adjacent to an activating group) is 1. The lowest BCUT2D eigenvalue weighted by atomic mass is 10.2. The molecule has 28 heavy (non-hydrogen) atoms. The molecule has 0 saturated carbocycles. The van der Waals surface area contributed by atoms with Crippen LogP contribution in [0.15, 0.2) is 48.5 Å². The maximum absolute atomic E-state index is 12.2. The molecule has 3 rings (SSSR count). The Hall–Kier alpha value is -2.73. The molecule has 1 amide bonds. The predicted molar refractivity (Wildman–Crippen MR) is 115 cm³/mol. The van der Waals surface area contributed by atoms with Crippen molar-refractivity contribution >= 4 is 23.0 Å². The number of anilines is 3. The average molecular weight is 383 g/mol. The highest BCUT2D eigenvalue weighted by Gasteiger charge is 2.14. The van der Waals surface area contributed by atoms with Crippen LogP contribution in [0, 0.1) is 0 Å². The molecule has 6 heteroatoms. The van der Waals surface area contributed by atoms with Gasteiger partial charge in [-0.2, -0.15) is 0 Å². The second kappa shape index (κ2) is 9.99. The topological polar surface area (TPSA) is 56.8 Å². The SMILES string of the molecule is CCOc1ccccc1NCCC(=O)Nc1ccc(N2CCN(C)CC2)cc1. The maximum Gasteiger partial charge on any atom is 0.226 e. The largest absolute Gasteiger partial charge is 0.492 e. The number of benzene rings is 2. The summed E-state index contributed by atoms with van der Waals surface area (Å²) < 4.78 is 5.59. The molecule has 2 aromatic rings. The van der Waals surface area contributed by atoms with E-state index in [1.54, 1.807) is 0 Å². The highest BCUT2D eigenvalue weighted by atomic mass is 16.5. The van der Waals surface area contributed by atoms with Crippen LogP contribution in [0.3, 0.4) is 0 Å². The number of rotatable bonds is 8. The van der Waals surface area contributed by atoms with Crippen molar-refractivity contribution in [3.8, 4) is 5.75 Å². The van der Waals surface area contributed by atoms with E-state index in [0.29, 0.717) is 19.6 Å². The summed E-state index contributed by atoms with van der Waals surface area (Å²) in [5, 5.41) is 6.24. The Morgan fingerprint density at radius 2 is 1.75 bits per heavy atom. The molecular weight excluding hydrogens is 352 g/mol. The van der Waals surface area contributed by atoms with E-state index < -0.39 is 0 Å². The minimum atomic E-state index is -0.00580. The minimum absolute atomic E-state index is 0.00580. The molecule has 0 atom stereocenters. The van der Waals surface area contributed by atoms with Crippen LogP contribution in [0.25, 0.3) is 0 Å². The molecule has 1 heterocycles. The summed E-state index contributed by atoms with van der Waals surface area (Å²) >= 11 is 0. The number of hydrogen-bond donors (Lipinski definition) is 2. The molecule has 0 aliphatic carbocycles. The van der Waals surface area contributed by atoms with Gasteiger partial charge in [0, 0.05) is 50.5 Å². The van der Waals surface area contributed by atoms with Gasteiger partial charge in [0.1, 0.15) is 5.75 Å². The summed E-state index contributed by atoms with van der Waals surface area (Å²) in [7, 11) is 2.15. The molecule has 0 unspecified atom stereocenters. The lowest BCUT2D eigenvalue weighted by Crippen LogP contribution is -2.44. The van der Waals surface area contributed by atoms with Gasteiger partial charge in [0.15, 0.2) is 0 Å². The Morgan fingerprint density at radius 3 is 2.46 bits per heavy atom. The lowest BCUT2D eigenvalue weighted by Gasteiger charge is -2.34. The standard InChI is InChI=1S/C22H30N4O2/c1-3-28-21-7-5-4-6-20(21)23-13-12-22(27)24-18-8-10-19(11-9-18)26-16-14-25(2)15-17-26/h4-11,23H,3,12-17H2,1-2H3,(H,24,27). The molecule has 0 radical (unpaired) electrons. The molecule has 150 valence electrons. The third-order valence-electron chi connectivity index (χ3n) is 4.87. The molecule has 1 aliphatic heterocycles. The highest BCUT2D eigenvalue weighted by Crippen LogP contribution is 2.23. The van der Waals surface area contributed by atoms with Gasteiger partial charge in [0.05, 0.1) is 12.3 Å². The summed E-state index contributed by atoms with van der Waals surface area (Å²) in [5.41, 5.74) is 2.95. The van der Waals surface area contributed by atoms with Gasteiger partial charge in [-0.1, -0.05) is 12.1 Å². The first-order valence-corrected chi connectivity index (χ1v) is 9.95. The Labute approximate surface area is 167 Å². The lowest BCUT2D eigenvalue weighted by molar-refractivity contribution is -0.115. The first-order valence-electron chi connectivity index (χ1n) is 9.95. The summed E-state index contributed by atoms with van der Waals surface area (Å²) in [6.45, 7) is 7.36. The van der Waals surface area contributed by atoms with E-state index in [-0.39, 0.29) is 5.91 Å². The molecule has 1 saturated heterocycles. The summed E-state index contributed by atoms with van der Waals surface area (Å²) in [5.74, 6) is 0.804. The normalized spacial score (nSPS) is 14.6. The molecule has 1 fully saturated rings. The highest BCUT2D eigenvalue weighted by molar-refractivity contribution is 5.91. The fraction of sp³-hybridized carbons (Fsp3) is 0.409. The van der Waals surface area contributed by atoms with Crippen LogP contribution in [0.4, 0.5) is 17.1 Å². The van der Waals surface area contributed by atoms with E-state index >= 15 is 0 Å². The van der Waals surface area contributed by atoms with Gasteiger partial charge in [-0.05, 0) is 50.4 Å². The minimum Gasteiger partial charge on any atom is -0.492 e. The van der Waals surface area contributed by atoms with Crippen molar-refractivity contribution in [3.05, 3.63) is 48.5 Å². The average Bonchev–Trinajstić information content (AvgIpc) is 2.71. The molecule has 0 aromatic heterocycles. The van der Waals surface area contributed by atoms with Crippen molar-refractivity contribution in [1.29, 1.82) is 0 Å². The first-order chi connectivity index (χ1) is 13.7. The van der Waals surface area contributed by atoms with Crippen molar-refractivity contribution in [1.82, 2.24) is 4.90 Å². The molecule has 6 nitrogen and oxygen atoms in total. The zero-order valence-corrected chi connectivity index (χ0v) is 16.8. The molecule has 2 N–H and O–H groups in total. The van der Waals surface area contributed by atoms with E-state index in [1.807, 2.05) is 43.3 Å². The van der Waals surface area contributed by atoms with E-state index in [1.165, 1.54) is 5.69 Å². The van der Waals surface area contributed by atoms with Crippen molar-refractivity contribution in [2.75, 3.05) is 61.9 Å². The van der Waals surface area contributed by atoms with Crippen LogP contribution < -0.4 is 20.3 Å². The number of carbonyl (C=O) groups excluding carboxylic acids is 1. The van der Waals surface area contributed by atoms with Gasteiger partial charge < -0.3 is 25.2 Å². The first kappa shape index (κ1) is 20.0. The fourth-order valence-electron chi connectivity index (χ4n) is 3.25. The van der Waals surface area contributed by atoms with Crippen LogP contribution >= 0.6 is 0 Å². The van der Waals surface area contributed by atoms with Crippen LogP contribution in [-0.2, 0) is 4.79 Å². The van der Waals surface area contributed by atoms with Crippen LogP contribution in [0.2, 0.25) is 0 Å². The smallest absolute Gasteiger partial charge is 0.226 e. The Bertz CT molecular complexity index is 755. The van der Waals surface area contributed by atoms with Gasteiger partial charge >= 0.3 is 0 Å². The number of nitrogens with zero attached hydrogens (tertiary/aromatic N) is 2. The second-order valence-electron chi connectivity index (χ2n) is 6.99. The third-order valence-corrected chi connectivity index (χ3v) is 4.87. The summed E-state index contributed by atoms with van der Waals surface area (Å²) in [6.07, 6.45) is 0.390. The van der Waals surface area contributed by atoms with E-state index in [9.17, 15) is 4.79 Å². The Morgan fingerprint density at radius 1 is 1.04 bits per heavy atom. The summed E-state index contributed by atoms with van der Waals surface area (Å²) in [4.78, 5) is 17.0. The number of hydrogen-bond acceptors (Lipinski definition) is 5. The van der Waals surface area contributed by atoms with Gasteiger partial charge in [0.2, 0.25) is 5.91 Å². The van der Waals surface area contributed by atoms with E-state index in [2.05, 4.69) is 39.6 Å². The summed E-state index contributed by atoms with van der Waals surface area (Å²) in [6, 6.07) is 15.9. The number of amides is 1. The van der Waals surface area contributed by atoms with Crippen molar-refractivity contribution in [3.63, 3.8) is 0 Å². The quantitative estimate of drug-likeness (QED) is 0.734.